The molecule has 0 bridgehead atoms. The monoisotopic (exact) mass is 293 g/mol. The average molecular weight is 293 g/mol. The van der Waals surface area contributed by atoms with E-state index >= 15 is 0 Å². The summed E-state index contributed by atoms with van der Waals surface area (Å²) in [4.78, 5) is 23.4. The Kier molecular flexibility index (Phi) is 4.89. The van der Waals surface area contributed by atoms with E-state index in [0.717, 1.165) is 0 Å². The first-order chi connectivity index (χ1) is 10.6. The van der Waals surface area contributed by atoms with E-state index in [0.29, 0.717) is 22.5 Å². The van der Waals surface area contributed by atoms with Crippen molar-refractivity contribution in [2.24, 2.45) is 0 Å². The number of carbonyl (C=O) groups is 2. The van der Waals surface area contributed by atoms with Crippen LogP contribution < -0.4 is 10.6 Å². The summed E-state index contributed by atoms with van der Waals surface area (Å²) in [6.45, 7) is 1.51. The fourth-order valence-electron chi connectivity index (χ4n) is 1.99. The number of hydrogen-bond donors (Lipinski definition) is 2. The topological polar surface area (TPSA) is 82.0 Å². The number of carbonyl (C=O) groups excluding carboxylic acids is 2. The largest absolute Gasteiger partial charge is 0.376 e. The Hall–Kier alpha value is -3.13. The summed E-state index contributed by atoms with van der Waals surface area (Å²) in [5.74, 6) is -0.321. The number of nitrogens with one attached hydrogen (secondary N) is 2. The zero-order chi connectivity index (χ0) is 15.9. The number of nitrogens with zero attached hydrogens (tertiary/aromatic N) is 1. The molecule has 2 N–H and O–H groups in total. The number of rotatable bonds is 5. The van der Waals surface area contributed by atoms with Crippen molar-refractivity contribution < 1.29 is 9.59 Å². The van der Waals surface area contributed by atoms with Crippen LogP contribution in [0, 0.1) is 11.3 Å². The van der Waals surface area contributed by atoms with Crippen molar-refractivity contribution in [1.29, 1.82) is 5.26 Å². The van der Waals surface area contributed by atoms with E-state index in [1.807, 2.05) is 6.07 Å². The molecule has 0 heterocycles. The average Bonchev–Trinajstić information content (AvgIpc) is 2.53. The number of para-hydroxylation sites is 1. The summed E-state index contributed by atoms with van der Waals surface area (Å²) in [5, 5.41) is 14.5. The molecule has 5 nitrogen and oxygen atoms in total. The maximum Gasteiger partial charge on any atom is 0.243 e. The second-order valence-electron chi connectivity index (χ2n) is 4.70. The van der Waals surface area contributed by atoms with Gasteiger partial charge in [-0.1, -0.05) is 18.2 Å². The van der Waals surface area contributed by atoms with Crippen LogP contribution in [0.2, 0.25) is 0 Å². The minimum Gasteiger partial charge on any atom is -0.376 e. The van der Waals surface area contributed by atoms with E-state index in [9.17, 15) is 9.59 Å². The van der Waals surface area contributed by atoms with E-state index in [2.05, 4.69) is 10.6 Å². The third kappa shape index (κ3) is 3.93. The van der Waals surface area contributed by atoms with Crippen molar-refractivity contribution in [3.63, 3.8) is 0 Å². The van der Waals surface area contributed by atoms with E-state index < -0.39 is 0 Å². The van der Waals surface area contributed by atoms with E-state index in [1.54, 1.807) is 48.5 Å². The van der Waals surface area contributed by atoms with Gasteiger partial charge in [0.25, 0.3) is 0 Å². The first-order valence-electron chi connectivity index (χ1n) is 6.74. The van der Waals surface area contributed by atoms with E-state index in [1.165, 1.54) is 6.92 Å². The predicted octanol–water partition coefficient (Wildman–Crippen LogP) is 2.81. The van der Waals surface area contributed by atoms with Crippen LogP contribution in [0.1, 0.15) is 22.8 Å². The third-order valence-electron chi connectivity index (χ3n) is 3.02. The third-order valence-corrected chi connectivity index (χ3v) is 3.02. The number of nitriles is 1. The molecular weight excluding hydrogens is 278 g/mol. The fraction of sp³-hybridized carbons (Fsp3) is 0.118. The number of benzene rings is 2. The van der Waals surface area contributed by atoms with Crippen LogP contribution in [-0.4, -0.2) is 18.2 Å². The maximum absolute atomic E-state index is 11.9. The highest BCUT2D eigenvalue weighted by Gasteiger charge is 2.08. The number of hydrogen-bond acceptors (Lipinski definition) is 4. The maximum atomic E-state index is 11.9. The number of ketones is 1. The van der Waals surface area contributed by atoms with Crippen molar-refractivity contribution in [2.45, 2.75) is 6.92 Å². The molecule has 1 amide bonds. The van der Waals surface area contributed by atoms with Gasteiger partial charge in [0.1, 0.15) is 0 Å². The molecule has 0 aliphatic heterocycles. The van der Waals surface area contributed by atoms with Gasteiger partial charge < -0.3 is 10.6 Å². The number of anilines is 2. The van der Waals surface area contributed by atoms with Crippen molar-refractivity contribution in [2.75, 3.05) is 17.2 Å². The molecule has 0 aliphatic rings. The molecule has 0 unspecified atom stereocenters. The predicted molar refractivity (Wildman–Crippen MR) is 84.7 cm³/mol. The standard InChI is InChI=1S/C17H15N3O2/c1-12(21)15-7-2-3-8-16(15)19-11-17(22)20-14-6-4-5-13(9-14)10-18/h2-9,19H,11H2,1H3,(H,20,22). The summed E-state index contributed by atoms with van der Waals surface area (Å²) in [6, 6.07) is 15.7. The smallest absolute Gasteiger partial charge is 0.243 e. The van der Waals surface area contributed by atoms with Gasteiger partial charge in [-0.3, -0.25) is 9.59 Å². The Labute approximate surface area is 128 Å². The summed E-state index contributed by atoms with van der Waals surface area (Å²) in [7, 11) is 0. The fourth-order valence-corrected chi connectivity index (χ4v) is 1.99. The van der Waals surface area contributed by atoms with Crippen molar-refractivity contribution in [1.82, 2.24) is 0 Å². The van der Waals surface area contributed by atoms with Gasteiger partial charge in [0.05, 0.1) is 18.2 Å². The Bertz CT molecular complexity index is 748. The van der Waals surface area contributed by atoms with Crippen LogP contribution in [0.15, 0.2) is 48.5 Å². The Morgan fingerprint density at radius 2 is 1.91 bits per heavy atom. The molecule has 0 atom stereocenters. The number of amides is 1. The van der Waals surface area contributed by atoms with Gasteiger partial charge in [0.15, 0.2) is 5.78 Å². The minimum absolute atomic E-state index is 0.0288. The lowest BCUT2D eigenvalue weighted by molar-refractivity contribution is -0.114. The lowest BCUT2D eigenvalue weighted by Gasteiger charge is -2.10. The normalized spacial score (nSPS) is 9.64. The molecule has 0 aromatic heterocycles. The van der Waals surface area contributed by atoms with Crippen LogP contribution in [0.25, 0.3) is 0 Å². The first kappa shape index (κ1) is 15.3. The van der Waals surface area contributed by atoms with Gasteiger partial charge in [-0.05, 0) is 37.3 Å². The zero-order valence-electron chi connectivity index (χ0n) is 12.1. The van der Waals surface area contributed by atoms with Crippen molar-refractivity contribution in [3.8, 4) is 6.07 Å². The van der Waals surface area contributed by atoms with Crippen LogP contribution in [0.4, 0.5) is 11.4 Å². The molecule has 0 saturated heterocycles. The summed E-state index contributed by atoms with van der Waals surface area (Å²) < 4.78 is 0. The van der Waals surface area contributed by atoms with Gasteiger partial charge >= 0.3 is 0 Å². The van der Waals surface area contributed by atoms with Gasteiger partial charge in [0.2, 0.25) is 5.91 Å². The van der Waals surface area contributed by atoms with Crippen LogP contribution in [-0.2, 0) is 4.79 Å². The quantitative estimate of drug-likeness (QED) is 0.830. The SMILES string of the molecule is CC(=O)c1ccccc1NCC(=O)Nc1cccc(C#N)c1. The molecule has 110 valence electrons. The highest BCUT2D eigenvalue weighted by atomic mass is 16.2. The second kappa shape index (κ2) is 7.04. The van der Waals surface area contributed by atoms with Gasteiger partial charge in [-0.15, -0.1) is 0 Å². The zero-order valence-corrected chi connectivity index (χ0v) is 12.1. The summed E-state index contributed by atoms with van der Waals surface area (Å²) in [5.41, 5.74) is 2.20. The second-order valence-corrected chi connectivity index (χ2v) is 4.70. The molecule has 0 spiro atoms. The van der Waals surface area contributed by atoms with Crippen molar-refractivity contribution in [3.05, 3.63) is 59.7 Å². The Morgan fingerprint density at radius 1 is 1.14 bits per heavy atom. The Balaban J connectivity index is 1.99. The Morgan fingerprint density at radius 3 is 2.64 bits per heavy atom. The molecule has 2 aromatic rings. The van der Waals surface area contributed by atoms with Gasteiger partial charge in [-0.25, -0.2) is 0 Å². The molecule has 0 aliphatic carbocycles. The highest BCUT2D eigenvalue weighted by molar-refractivity contribution is 6.00. The highest BCUT2D eigenvalue weighted by Crippen LogP contribution is 2.15. The lowest BCUT2D eigenvalue weighted by Crippen LogP contribution is -2.22. The van der Waals surface area contributed by atoms with Gasteiger partial charge in [-0.2, -0.15) is 5.26 Å². The number of Topliss-reactive ketones (excluding diaryl/α,β-unsaturated/α-hetero) is 1. The summed E-state index contributed by atoms with van der Waals surface area (Å²) >= 11 is 0. The first-order valence-corrected chi connectivity index (χ1v) is 6.74. The van der Waals surface area contributed by atoms with Crippen LogP contribution in [0.3, 0.4) is 0 Å². The van der Waals surface area contributed by atoms with Crippen molar-refractivity contribution >= 4 is 23.1 Å². The molecule has 5 heteroatoms. The van der Waals surface area contributed by atoms with Crippen LogP contribution in [0.5, 0.6) is 0 Å². The van der Waals surface area contributed by atoms with Crippen LogP contribution >= 0.6 is 0 Å². The van der Waals surface area contributed by atoms with Gasteiger partial charge in [0, 0.05) is 16.9 Å². The molecule has 22 heavy (non-hydrogen) atoms. The molecular formula is C17H15N3O2. The molecule has 2 aromatic carbocycles. The summed E-state index contributed by atoms with van der Waals surface area (Å²) in [6.07, 6.45) is 0. The molecule has 0 radical (unpaired) electrons. The lowest BCUT2D eigenvalue weighted by atomic mass is 10.1. The molecule has 2 rings (SSSR count). The molecule has 0 saturated carbocycles. The van der Waals surface area contributed by atoms with E-state index in [-0.39, 0.29) is 18.2 Å². The van der Waals surface area contributed by atoms with E-state index in [4.69, 9.17) is 5.26 Å². The molecule has 0 fully saturated rings. The minimum atomic E-state index is -0.256.